The molecule has 1 aliphatic heterocycles. The topological polar surface area (TPSA) is 56.3 Å². The molecule has 0 aromatic carbocycles. The van der Waals surface area contributed by atoms with Crippen molar-refractivity contribution in [3.8, 4) is 11.9 Å². The molecule has 1 aromatic heterocycles. The predicted molar refractivity (Wildman–Crippen MR) is 64.3 cm³/mol. The molecule has 1 saturated heterocycles. The van der Waals surface area contributed by atoms with Crippen LogP contribution in [-0.4, -0.2) is 35.3 Å². The summed E-state index contributed by atoms with van der Waals surface area (Å²) < 4.78 is 11.2. The number of piperidine rings is 1. The van der Waals surface area contributed by atoms with Gasteiger partial charge in [-0.3, -0.25) is 0 Å². The fraction of sp³-hybridized carbons (Fsp3) is 0.667. The second-order valence-electron chi connectivity index (χ2n) is 4.43. The fourth-order valence-corrected chi connectivity index (χ4v) is 1.76. The van der Waals surface area contributed by atoms with Crippen molar-refractivity contribution in [3.63, 3.8) is 0 Å². The van der Waals surface area contributed by atoms with E-state index in [0.717, 1.165) is 25.9 Å². The highest BCUT2D eigenvalue weighted by Gasteiger charge is 2.15. The minimum Gasteiger partial charge on any atom is -0.475 e. The maximum Gasteiger partial charge on any atom is 0.319 e. The molecule has 0 aliphatic carbocycles. The molecule has 1 N–H and O–H groups in total. The molecular formula is C12H19N3O2. The summed E-state index contributed by atoms with van der Waals surface area (Å²) in [7, 11) is 0. The van der Waals surface area contributed by atoms with E-state index in [1.54, 1.807) is 12.3 Å². The molecule has 94 valence electrons. The lowest BCUT2D eigenvalue weighted by Gasteiger charge is -2.22. The van der Waals surface area contributed by atoms with Gasteiger partial charge in [-0.15, -0.1) is 0 Å². The normalized spacial score (nSPS) is 20.3. The third kappa shape index (κ3) is 3.85. The molecule has 5 nitrogen and oxygen atoms in total. The average Bonchev–Trinajstić information content (AvgIpc) is 2.30. The quantitative estimate of drug-likeness (QED) is 0.857. The standard InChI is InChI=1S/C12H19N3O2/c1-9(2)16-11-5-7-14-12(15-11)17-10-4-3-6-13-8-10/h5,7,9-10,13H,3-4,6,8H2,1-2H3. The Morgan fingerprint density at radius 1 is 1.47 bits per heavy atom. The van der Waals surface area contributed by atoms with Crippen LogP contribution >= 0.6 is 0 Å². The van der Waals surface area contributed by atoms with Crippen molar-refractivity contribution < 1.29 is 9.47 Å². The lowest BCUT2D eigenvalue weighted by Crippen LogP contribution is -2.37. The molecule has 0 radical (unpaired) electrons. The largest absolute Gasteiger partial charge is 0.475 e. The number of hydrogen-bond acceptors (Lipinski definition) is 5. The maximum atomic E-state index is 5.71. The summed E-state index contributed by atoms with van der Waals surface area (Å²) in [5.74, 6) is 0.564. The average molecular weight is 237 g/mol. The summed E-state index contributed by atoms with van der Waals surface area (Å²) >= 11 is 0. The highest BCUT2D eigenvalue weighted by atomic mass is 16.5. The monoisotopic (exact) mass is 237 g/mol. The van der Waals surface area contributed by atoms with Crippen molar-refractivity contribution in [2.45, 2.75) is 38.9 Å². The van der Waals surface area contributed by atoms with Gasteiger partial charge in [0.25, 0.3) is 0 Å². The summed E-state index contributed by atoms with van der Waals surface area (Å²) in [5, 5.41) is 3.29. The molecule has 17 heavy (non-hydrogen) atoms. The van der Waals surface area contributed by atoms with Gasteiger partial charge in [0.2, 0.25) is 5.88 Å². The zero-order chi connectivity index (χ0) is 12.1. The van der Waals surface area contributed by atoms with Gasteiger partial charge >= 0.3 is 6.01 Å². The molecule has 0 amide bonds. The van der Waals surface area contributed by atoms with Crippen molar-refractivity contribution >= 4 is 0 Å². The van der Waals surface area contributed by atoms with Gasteiger partial charge in [-0.05, 0) is 33.2 Å². The first-order valence-corrected chi connectivity index (χ1v) is 6.11. The van der Waals surface area contributed by atoms with Crippen molar-refractivity contribution in [3.05, 3.63) is 12.3 Å². The van der Waals surface area contributed by atoms with Gasteiger partial charge in [0.15, 0.2) is 0 Å². The first kappa shape index (κ1) is 12.1. The van der Waals surface area contributed by atoms with E-state index in [9.17, 15) is 0 Å². The van der Waals surface area contributed by atoms with Crippen LogP contribution in [0.4, 0.5) is 0 Å². The minimum absolute atomic E-state index is 0.106. The number of ether oxygens (including phenoxy) is 2. The summed E-state index contributed by atoms with van der Waals surface area (Å²) in [4.78, 5) is 8.32. The van der Waals surface area contributed by atoms with E-state index in [2.05, 4.69) is 15.3 Å². The van der Waals surface area contributed by atoms with Crippen LogP contribution < -0.4 is 14.8 Å². The zero-order valence-corrected chi connectivity index (χ0v) is 10.3. The summed E-state index contributed by atoms with van der Waals surface area (Å²) in [6, 6.07) is 2.14. The van der Waals surface area contributed by atoms with Gasteiger partial charge in [-0.25, -0.2) is 4.98 Å². The van der Waals surface area contributed by atoms with Gasteiger partial charge in [0.1, 0.15) is 6.10 Å². The molecular weight excluding hydrogens is 218 g/mol. The second kappa shape index (κ2) is 5.82. The van der Waals surface area contributed by atoms with Gasteiger partial charge in [0.05, 0.1) is 6.10 Å². The van der Waals surface area contributed by atoms with Gasteiger partial charge < -0.3 is 14.8 Å². The molecule has 5 heteroatoms. The lowest BCUT2D eigenvalue weighted by molar-refractivity contribution is 0.149. The number of hydrogen-bond donors (Lipinski definition) is 1. The number of aromatic nitrogens is 2. The van der Waals surface area contributed by atoms with E-state index in [1.165, 1.54) is 0 Å². The number of nitrogens with one attached hydrogen (secondary N) is 1. The highest BCUT2D eigenvalue weighted by molar-refractivity contribution is 5.11. The molecule has 2 rings (SSSR count). The van der Waals surface area contributed by atoms with E-state index in [0.29, 0.717) is 11.9 Å². The Labute approximate surface area is 102 Å². The zero-order valence-electron chi connectivity index (χ0n) is 10.3. The first-order valence-electron chi connectivity index (χ1n) is 6.11. The summed E-state index contributed by atoms with van der Waals surface area (Å²) in [6.45, 7) is 5.86. The Morgan fingerprint density at radius 3 is 3.06 bits per heavy atom. The molecule has 0 spiro atoms. The second-order valence-corrected chi connectivity index (χ2v) is 4.43. The molecule has 1 aromatic rings. The first-order chi connectivity index (χ1) is 8.24. The highest BCUT2D eigenvalue weighted by Crippen LogP contribution is 2.15. The lowest BCUT2D eigenvalue weighted by atomic mass is 10.1. The SMILES string of the molecule is CC(C)Oc1ccnc(OC2CCCNC2)n1. The molecule has 1 aliphatic rings. The molecule has 0 bridgehead atoms. The van der Waals surface area contributed by atoms with Crippen LogP contribution in [0.2, 0.25) is 0 Å². The van der Waals surface area contributed by atoms with E-state index < -0.39 is 0 Å². The third-order valence-electron chi connectivity index (χ3n) is 2.49. The Bertz CT molecular complexity index is 351. The van der Waals surface area contributed by atoms with Crippen LogP contribution in [-0.2, 0) is 0 Å². The van der Waals surface area contributed by atoms with Crippen LogP contribution in [0.25, 0.3) is 0 Å². The van der Waals surface area contributed by atoms with Crippen LogP contribution in [0.1, 0.15) is 26.7 Å². The Kier molecular flexibility index (Phi) is 4.14. The van der Waals surface area contributed by atoms with Crippen LogP contribution in [0, 0.1) is 0 Å². The van der Waals surface area contributed by atoms with Gasteiger partial charge in [-0.1, -0.05) is 0 Å². The Hall–Kier alpha value is -1.36. The summed E-state index contributed by atoms with van der Waals surface area (Å²) in [5.41, 5.74) is 0. The fourth-order valence-electron chi connectivity index (χ4n) is 1.76. The Morgan fingerprint density at radius 2 is 2.35 bits per heavy atom. The van der Waals surface area contributed by atoms with Crippen molar-refractivity contribution in [2.24, 2.45) is 0 Å². The van der Waals surface area contributed by atoms with E-state index in [-0.39, 0.29) is 12.2 Å². The van der Waals surface area contributed by atoms with E-state index in [1.807, 2.05) is 13.8 Å². The van der Waals surface area contributed by atoms with Crippen molar-refractivity contribution in [2.75, 3.05) is 13.1 Å². The third-order valence-corrected chi connectivity index (χ3v) is 2.49. The molecule has 1 fully saturated rings. The van der Waals surface area contributed by atoms with E-state index in [4.69, 9.17) is 9.47 Å². The van der Waals surface area contributed by atoms with E-state index >= 15 is 0 Å². The molecule has 1 atom stereocenters. The molecule has 0 saturated carbocycles. The minimum atomic E-state index is 0.106. The van der Waals surface area contributed by atoms with Gasteiger partial charge in [-0.2, -0.15) is 4.98 Å². The van der Waals surface area contributed by atoms with Crippen LogP contribution in [0.5, 0.6) is 11.9 Å². The van der Waals surface area contributed by atoms with Crippen LogP contribution in [0.3, 0.4) is 0 Å². The van der Waals surface area contributed by atoms with Crippen molar-refractivity contribution in [1.29, 1.82) is 0 Å². The summed E-state index contributed by atoms with van der Waals surface area (Å²) in [6.07, 6.45) is 4.11. The maximum absolute atomic E-state index is 5.71. The smallest absolute Gasteiger partial charge is 0.319 e. The number of rotatable bonds is 4. The molecule has 2 heterocycles. The predicted octanol–water partition coefficient (Wildman–Crippen LogP) is 1.39. The van der Waals surface area contributed by atoms with Crippen LogP contribution in [0.15, 0.2) is 12.3 Å². The molecule has 1 unspecified atom stereocenters. The Balaban J connectivity index is 1.95. The van der Waals surface area contributed by atoms with Crippen molar-refractivity contribution in [1.82, 2.24) is 15.3 Å². The number of nitrogens with zero attached hydrogens (tertiary/aromatic N) is 2. The van der Waals surface area contributed by atoms with Gasteiger partial charge in [0, 0.05) is 18.8 Å².